The summed E-state index contributed by atoms with van der Waals surface area (Å²) in [7, 11) is 1.75. The van der Waals surface area contributed by atoms with Crippen LogP contribution in [0.5, 0.6) is 0 Å². The van der Waals surface area contributed by atoms with Gasteiger partial charge >= 0.3 is 0 Å². The summed E-state index contributed by atoms with van der Waals surface area (Å²) in [6.07, 6.45) is 0.806. The molecule has 0 saturated carbocycles. The first-order chi connectivity index (χ1) is 5.24. The minimum Gasteiger partial charge on any atom is -0.314 e. The Hall–Kier alpha value is -1.35. The maximum absolute atomic E-state index is 10.2. The van der Waals surface area contributed by atoms with Crippen molar-refractivity contribution in [2.24, 2.45) is 5.84 Å². The summed E-state index contributed by atoms with van der Waals surface area (Å²) in [4.78, 5) is 10.2. The second-order valence-corrected chi connectivity index (χ2v) is 2.32. The predicted molar refractivity (Wildman–Crippen MR) is 44.4 cm³/mol. The van der Waals surface area contributed by atoms with E-state index in [0.717, 1.165) is 12.0 Å². The lowest BCUT2D eigenvalue weighted by Gasteiger charge is -2.10. The van der Waals surface area contributed by atoms with Crippen LogP contribution in [0.25, 0.3) is 0 Å². The van der Waals surface area contributed by atoms with Gasteiger partial charge in [-0.1, -0.05) is 0 Å². The van der Waals surface area contributed by atoms with Crippen molar-refractivity contribution < 1.29 is 4.79 Å². The Balaban J connectivity index is 2.91. The number of nitrogens with zero attached hydrogens (tertiary/aromatic N) is 1. The van der Waals surface area contributed by atoms with Crippen molar-refractivity contribution in [3.05, 3.63) is 29.8 Å². The minimum absolute atomic E-state index is 0.663. The van der Waals surface area contributed by atoms with E-state index < -0.39 is 0 Å². The van der Waals surface area contributed by atoms with Crippen LogP contribution in [0.1, 0.15) is 10.4 Å². The highest BCUT2D eigenvalue weighted by atomic mass is 16.1. The summed E-state index contributed by atoms with van der Waals surface area (Å²) in [6, 6.07) is 7.05. The van der Waals surface area contributed by atoms with Gasteiger partial charge in [-0.05, 0) is 24.3 Å². The number of aldehydes is 1. The van der Waals surface area contributed by atoms with Gasteiger partial charge in [0, 0.05) is 12.6 Å². The largest absolute Gasteiger partial charge is 0.314 e. The molecule has 0 atom stereocenters. The molecule has 0 radical (unpaired) electrons. The van der Waals surface area contributed by atoms with Gasteiger partial charge in [0.1, 0.15) is 6.29 Å². The molecule has 1 rings (SSSR count). The highest BCUT2D eigenvalue weighted by Crippen LogP contribution is 2.09. The van der Waals surface area contributed by atoms with Gasteiger partial charge < -0.3 is 5.01 Å². The molecule has 0 aliphatic carbocycles. The molecule has 0 aliphatic heterocycles. The van der Waals surface area contributed by atoms with E-state index in [-0.39, 0.29) is 0 Å². The third-order valence-electron chi connectivity index (χ3n) is 1.44. The fourth-order valence-electron chi connectivity index (χ4n) is 0.788. The van der Waals surface area contributed by atoms with Crippen LogP contribution in [0.4, 0.5) is 5.69 Å². The lowest BCUT2D eigenvalue weighted by molar-refractivity contribution is 0.112. The Morgan fingerprint density at radius 3 is 2.27 bits per heavy atom. The van der Waals surface area contributed by atoms with Crippen molar-refractivity contribution in [1.82, 2.24) is 0 Å². The zero-order chi connectivity index (χ0) is 8.27. The number of benzene rings is 1. The average Bonchev–Trinajstić information content (AvgIpc) is 2.05. The topological polar surface area (TPSA) is 46.3 Å². The number of anilines is 1. The average molecular weight is 150 g/mol. The third-order valence-corrected chi connectivity index (χ3v) is 1.44. The Bertz CT molecular complexity index is 241. The van der Waals surface area contributed by atoms with Crippen molar-refractivity contribution in [3.8, 4) is 0 Å². The lowest BCUT2D eigenvalue weighted by Crippen LogP contribution is -2.24. The van der Waals surface area contributed by atoms with Gasteiger partial charge in [-0.2, -0.15) is 0 Å². The van der Waals surface area contributed by atoms with Crippen LogP contribution in [0.2, 0.25) is 0 Å². The third kappa shape index (κ3) is 1.78. The molecule has 3 heteroatoms. The Morgan fingerprint density at radius 2 is 1.91 bits per heavy atom. The first kappa shape index (κ1) is 7.75. The van der Waals surface area contributed by atoms with Gasteiger partial charge in [0.2, 0.25) is 0 Å². The molecule has 0 aromatic heterocycles. The highest BCUT2D eigenvalue weighted by molar-refractivity contribution is 5.75. The van der Waals surface area contributed by atoms with E-state index in [2.05, 4.69) is 0 Å². The molecule has 0 heterocycles. The van der Waals surface area contributed by atoms with E-state index in [0.29, 0.717) is 5.56 Å². The fraction of sp³-hybridized carbons (Fsp3) is 0.125. The van der Waals surface area contributed by atoms with Gasteiger partial charge in [-0.25, -0.2) is 5.84 Å². The van der Waals surface area contributed by atoms with E-state index in [1.54, 1.807) is 31.3 Å². The molecule has 0 bridgehead atoms. The Kier molecular flexibility index (Phi) is 2.23. The second kappa shape index (κ2) is 3.16. The second-order valence-electron chi connectivity index (χ2n) is 2.32. The maximum atomic E-state index is 10.2. The van der Waals surface area contributed by atoms with Crippen LogP contribution in [-0.4, -0.2) is 13.3 Å². The molecule has 3 nitrogen and oxygen atoms in total. The molecule has 0 fully saturated rings. The van der Waals surface area contributed by atoms with E-state index in [4.69, 9.17) is 5.84 Å². The van der Waals surface area contributed by atoms with Gasteiger partial charge in [-0.15, -0.1) is 0 Å². The molecule has 58 valence electrons. The molecule has 0 unspecified atom stereocenters. The van der Waals surface area contributed by atoms with Crippen LogP contribution < -0.4 is 10.9 Å². The summed E-state index contributed by atoms with van der Waals surface area (Å²) < 4.78 is 0. The smallest absolute Gasteiger partial charge is 0.150 e. The first-order valence-electron chi connectivity index (χ1n) is 3.27. The normalized spacial score (nSPS) is 9.27. The number of hydrogen-bond acceptors (Lipinski definition) is 3. The fourth-order valence-corrected chi connectivity index (χ4v) is 0.788. The molecule has 0 aliphatic rings. The van der Waals surface area contributed by atoms with Crippen LogP contribution in [0.15, 0.2) is 24.3 Å². The van der Waals surface area contributed by atoms with Gasteiger partial charge in [0.05, 0.1) is 5.69 Å². The van der Waals surface area contributed by atoms with E-state index in [9.17, 15) is 4.79 Å². The molecular weight excluding hydrogens is 140 g/mol. The Labute approximate surface area is 65.4 Å². The van der Waals surface area contributed by atoms with Gasteiger partial charge in [0.15, 0.2) is 0 Å². The lowest BCUT2D eigenvalue weighted by atomic mass is 10.2. The Morgan fingerprint density at radius 1 is 1.36 bits per heavy atom. The number of hydrogen-bond donors (Lipinski definition) is 1. The summed E-state index contributed by atoms with van der Waals surface area (Å²) in [5, 5.41) is 1.49. The highest BCUT2D eigenvalue weighted by Gasteiger charge is 1.93. The molecular formula is C8H10N2O. The number of rotatable bonds is 2. The van der Waals surface area contributed by atoms with Crippen molar-refractivity contribution in [2.45, 2.75) is 0 Å². The van der Waals surface area contributed by atoms with Crippen LogP contribution >= 0.6 is 0 Å². The number of hydrazine groups is 1. The van der Waals surface area contributed by atoms with Crippen LogP contribution in [0.3, 0.4) is 0 Å². The van der Waals surface area contributed by atoms with Crippen LogP contribution in [-0.2, 0) is 0 Å². The quantitative estimate of drug-likeness (QED) is 0.385. The molecule has 2 N–H and O–H groups in total. The van der Waals surface area contributed by atoms with Crippen LogP contribution in [0, 0.1) is 0 Å². The standard InChI is InChI=1S/C8H10N2O/c1-10(9)8-4-2-7(6-11)3-5-8/h2-6H,9H2,1H3. The molecule has 1 aromatic rings. The molecule has 0 saturated heterocycles. The summed E-state index contributed by atoms with van der Waals surface area (Å²) in [5.41, 5.74) is 1.55. The number of carbonyl (C=O) groups is 1. The van der Waals surface area contributed by atoms with Crippen molar-refractivity contribution in [3.63, 3.8) is 0 Å². The molecule has 0 spiro atoms. The summed E-state index contributed by atoms with van der Waals surface area (Å²) in [6.45, 7) is 0. The van der Waals surface area contributed by atoms with Gasteiger partial charge in [-0.3, -0.25) is 4.79 Å². The SMILES string of the molecule is CN(N)c1ccc(C=O)cc1. The molecule has 0 amide bonds. The van der Waals surface area contributed by atoms with E-state index in [1.165, 1.54) is 5.01 Å². The number of carbonyl (C=O) groups excluding carboxylic acids is 1. The molecule has 11 heavy (non-hydrogen) atoms. The van der Waals surface area contributed by atoms with Gasteiger partial charge in [0.25, 0.3) is 0 Å². The monoisotopic (exact) mass is 150 g/mol. The predicted octanol–water partition coefficient (Wildman–Crippen LogP) is 0.809. The zero-order valence-corrected chi connectivity index (χ0v) is 6.32. The van der Waals surface area contributed by atoms with E-state index >= 15 is 0 Å². The summed E-state index contributed by atoms with van der Waals surface area (Å²) >= 11 is 0. The number of nitrogens with two attached hydrogens (primary N) is 1. The van der Waals surface area contributed by atoms with Crippen molar-refractivity contribution in [1.29, 1.82) is 0 Å². The zero-order valence-electron chi connectivity index (χ0n) is 6.32. The maximum Gasteiger partial charge on any atom is 0.150 e. The van der Waals surface area contributed by atoms with E-state index in [1.807, 2.05) is 0 Å². The molecule has 1 aromatic carbocycles. The van der Waals surface area contributed by atoms with Crippen molar-refractivity contribution in [2.75, 3.05) is 12.1 Å². The summed E-state index contributed by atoms with van der Waals surface area (Å²) in [5.74, 6) is 5.45. The minimum atomic E-state index is 0.663. The first-order valence-corrected chi connectivity index (χ1v) is 3.27. The van der Waals surface area contributed by atoms with Crippen molar-refractivity contribution >= 4 is 12.0 Å².